The second-order valence-corrected chi connectivity index (χ2v) is 5.59. The Labute approximate surface area is 112 Å². The average molecular weight is 318 g/mol. The molecule has 0 amide bonds. The van der Waals surface area contributed by atoms with Crippen LogP contribution in [-0.2, 0) is 11.2 Å². The summed E-state index contributed by atoms with van der Waals surface area (Å²) in [5.41, 5.74) is 0.439. The molecule has 1 aliphatic heterocycles. The summed E-state index contributed by atoms with van der Waals surface area (Å²) < 4.78 is 18.7. The molecular formula is C12H13BrFNO3. The van der Waals surface area contributed by atoms with Gasteiger partial charge >= 0.3 is 0 Å². The first-order valence-electron chi connectivity index (χ1n) is 5.72. The van der Waals surface area contributed by atoms with E-state index in [1.54, 1.807) is 0 Å². The smallest absolute Gasteiger partial charge is 0.272 e. The van der Waals surface area contributed by atoms with E-state index in [9.17, 15) is 14.5 Å². The quantitative estimate of drug-likeness (QED) is 0.489. The highest BCUT2D eigenvalue weighted by atomic mass is 79.9. The molecule has 0 spiro atoms. The number of benzene rings is 1. The molecule has 0 radical (unpaired) electrons. The van der Waals surface area contributed by atoms with Crippen molar-refractivity contribution in [3.05, 3.63) is 39.7 Å². The highest BCUT2D eigenvalue weighted by Crippen LogP contribution is 2.27. The monoisotopic (exact) mass is 317 g/mol. The Bertz CT molecular complexity index is 455. The molecule has 1 aromatic carbocycles. The van der Waals surface area contributed by atoms with Gasteiger partial charge in [-0.2, -0.15) is 0 Å². The number of hydrogen-bond acceptors (Lipinski definition) is 3. The Balaban J connectivity index is 2.15. The van der Waals surface area contributed by atoms with Gasteiger partial charge in [0.2, 0.25) is 0 Å². The third-order valence-electron chi connectivity index (χ3n) is 3.03. The molecule has 98 valence electrons. The Morgan fingerprint density at radius 2 is 2.28 bits per heavy atom. The molecule has 0 saturated carbocycles. The molecule has 6 heteroatoms. The van der Waals surface area contributed by atoms with Crippen LogP contribution in [0.2, 0.25) is 0 Å². The summed E-state index contributed by atoms with van der Waals surface area (Å²) in [6.45, 7) is 1.32. The molecule has 1 fully saturated rings. The van der Waals surface area contributed by atoms with Crippen molar-refractivity contribution < 1.29 is 14.1 Å². The summed E-state index contributed by atoms with van der Waals surface area (Å²) in [5, 5.41) is 10.7. The lowest BCUT2D eigenvalue weighted by Gasteiger charge is -2.27. The summed E-state index contributed by atoms with van der Waals surface area (Å²) in [6, 6.07) is 3.71. The fourth-order valence-corrected chi connectivity index (χ4v) is 2.64. The zero-order valence-corrected chi connectivity index (χ0v) is 11.2. The summed E-state index contributed by atoms with van der Waals surface area (Å²) >= 11 is 3.57. The minimum atomic E-state index is -0.574. The average Bonchev–Trinajstić information content (AvgIpc) is 2.31. The van der Waals surface area contributed by atoms with Crippen molar-refractivity contribution in [2.45, 2.75) is 17.7 Å². The second kappa shape index (κ2) is 5.75. The molecule has 0 aromatic heterocycles. The second-order valence-electron chi connectivity index (χ2n) is 4.42. The number of hydrogen-bond donors (Lipinski definition) is 0. The van der Waals surface area contributed by atoms with Crippen molar-refractivity contribution in [1.29, 1.82) is 0 Å². The summed E-state index contributed by atoms with van der Waals surface area (Å²) in [4.78, 5) is 10.4. The molecule has 2 rings (SSSR count). The Morgan fingerprint density at radius 1 is 1.50 bits per heavy atom. The van der Waals surface area contributed by atoms with Gasteiger partial charge in [0, 0.05) is 17.5 Å². The van der Waals surface area contributed by atoms with E-state index in [1.165, 1.54) is 12.1 Å². The van der Waals surface area contributed by atoms with Crippen LogP contribution in [0, 0.1) is 21.8 Å². The maximum absolute atomic E-state index is 13.3. The van der Waals surface area contributed by atoms with Crippen LogP contribution in [0.15, 0.2) is 18.2 Å². The van der Waals surface area contributed by atoms with Crippen LogP contribution in [-0.4, -0.2) is 23.0 Å². The largest absolute Gasteiger partial charge is 0.381 e. The van der Waals surface area contributed by atoms with Crippen LogP contribution >= 0.6 is 15.9 Å². The van der Waals surface area contributed by atoms with Crippen molar-refractivity contribution >= 4 is 21.6 Å². The number of nitro groups is 1. The first-order valence-corrected chi connectivity index (χ1v) is 6.63. The standard InChI is InChI=1S/C12H13BrFNO3/c13-12-1-2-18-7-9(12)3-8-4-10(14)6-11(5-8)15(16)17/h4-6,9,12H,1-3,7H2. The minimum absolute atomic E-state index is 0.201. The molecule has 0 N–H and O–H groups in total. The number of alkyl halides is 1. The lowest BCUT2D eigenvalue weighted by molar-refractivity contribution is -0.385. The molecule has 18 heavy (non-hydrogen) atoms. The molecule has 0 bridgehead atoms. The van der Waals surface area contributed by atoms with Crippen molar-refractivity contribution in [1.82, 2.24) is 0 Å². The van der Waals surface area contributed by atoms with E-state index in [4.69, 9.17) is 4.74 Å². The van der Waals surface area contributed by atoms with Crippen LogP contribution in [0.1, 0.15) is 12.0 Å². The number of halogens is 2. The lowest BCUT2D eigenvalue weighted by atomic mass is 9.94. The van der Waals surface area contributed by atoms with Gasteiger partial charge < -0.3 is 4.74 Å². The topological polar surface area (TPSA) is 52.4 Å². The zero-order chi connectivity index (χ0) is 13.1. The van der Waals surface area contributed by atoms with E-state index < -0.39 is 10.7 Å². The summed E-state index contributed by atoms with van der Waals surface area (Å²) in [5.74, 6) is -0.345. The first-order chi connectivity index (χ1) is 8.56. The molecule has 1 aliphatic rings. The Morgan fingerprint density at radius 3 is 2.94 bits per heavy atom. The van der Waals surface area contributed by atoms with E-state index >= 15 is 0 Å². The predicted octanol–water partition coefficient (Wildman–Crippen LogP) is 3.08. The number of nitrogens with zero attached hydrogens (tertiary/aromatic N) is 1. The van der Waals surface area contributed by atoms with Crippen molar-refractivity contribution in [2.75, 3.05) is 13.2 Å². The lowest BCUT2D eigenvalue weighted by Crippen LogP contribution is -2.29. The van der Waals surface area contributed by atoms with Crippen LogP contribution in [0.3, 0.4) is 0 Å². The third-order valence-corrected chi connectivity index (χ3v) is 4.24. The van der Waals surface area contributed by atoms with E-state index in [0.29, 0.717) is 23.4 Å². The fraction of sp³-hybridized carbons (Fsp3) is 0.500. The normalized spacial score (nSPS) is 23.9. The van der Waals surface area contributed by atoms with Crippen LogP contribution in [0.4, 0.5) is 10.1 Å². The highest BCUT2D eigenvalue weighted by Gasteiger charge is 2.24. The van der Waals surface area contributed by atoms with Crippen molar-refractivity contribution in [3.63, 3.8) is 0 Å². The molecule has 2 atom stereocenters. The minimum Gasteiger partial charge on any atom is -0.381 e. The van der Waals surface area contributed by atoms with Gasteiger partial charge in [-0.3, -0.25) is 10.1 Å². The summed E-state index contributed by atoms with van der Waals surface area (Å²) in [7, 11) is 0. The zero-order valence-electron chi connectivity index (χ0n) is 9.64. The first kappa shape index (κ1) is 13.4. The van der Waals surface area contributed by atoms with Gasteiger partial charge in [0.05, 0.1) is 17.6 Å². The number of rotatable bonds is 3. The van der Waals surface area contributed by atoms with Crippen molar-refractivity contribution in [3.8, 4) is 0 Å². The molecule has 1 saturated heterocycles. The molecule has 1 aromatic rings. The Kier molecular flexibility index (Phi) is 4.29. The third kappa shape index (κ3) is 3.26. The molecule has 4 nitrogen and oxygen atoms in total. The Hall–Kier alpha value is -1.01. The van der Waals surface area contributed by atoms with E-state index in [1.807, 2.05) is 0 Å². The maximum Gasteiger partial charge on any atom is 0.272 e. The van der Waals surface area contributed by atoms with Gasteiger partial charge in [-0.15, -0.1) is 0 Å². The molecule has 1 heterocycles. The van der Waals surface area contributed by atoms with E-state index in [-0.39, 0.29) is 11.6 Å². The van der Waals surface area contributed by atoms with E-state index in [2.05, 4.69) is 15.9 Å². The number of nitro benzene ring substituents is 1. The van der Waals surface area contributed by atoms with Gasteiger partial charge in [0.1, 0.15) is 5.82 Å². The number of non-ortho nitro benzene ring substituents is 1. The maximum atomic E-state index is 13.3. The van der Waals surface area contributed by atoms with Gasteiger partial charge in [-0.1, -0.05) is 15.9 Å². The molecular weight excluding hydrogens is 305 g/mol. The summed E-state index contributed by atoms with van der Waals surface area (Å²) in [6.07, 6.45) is 1.48. The van der Waals surface area contributed by atoms with Crippen LogP contribution in [0.25, 0.3) is 0 Å². The predicted molar refractivity (Wildman–Crippen MR) is 68.4 cm³/mol. The highest BCUT2D eigenvalue weighted by molar-refractivity contribution is 9.09. The van der Waals surface area contributed by atoms with Gasteiger partial charge in [0.25, 0.3) is 5.69 Å². The van der Waals surface area contributed by atoms with Crippen LogP contribution in [0.5, 0.6) is 0 Å². The molecule has 2 unspecified atom stereocenters. The van der Waals surface area contributed by atoms with Gasteiger partial charge in [-0.25, -0.2) is 4.39 Å². The SMILES string of the molecule is O=[N+]([O-])c1cc(F)cc(CC2COCCC2Br)c1. The number of ether oxygens (including phenoxy) is 1. The fourth-order valence-electron chi connectivity index (χ4n) is 2.12. The molecule has 0 aliphatic carbocycles. The van der Waals surface area contributed by atoms with Crippen molar-refractivity contribution in [2.24, 2.45) is 5.92 Å². The van der Waals surface area contributed by atoms with Gasteiger partial charge in [0.15, 0.2) is 0 Å². The van der Waals surface area contributed by atoms with Gasteiger partial charge in [-0.05, 0) is 30.4 Å². The van der Waals surface area contributed by atoms with Crippen LogP contribution < -0.4 is 0 Å². The van der Waals surface area contributed by atoms with E-state index in [0.717, 1.165) is 19.1 Å².